The Morgan fingerprint density at radius 3 is 2.71 bits per heavy atom. The largest absolute Gasteiger partial charge is 0.493 e. The number of nitrogens with one attached hydrogen (secondary N) is 1. The highest BCUT2D eigenvalue weighted by molar-refractivity contribution is 5.45. The minimum Gasteiger partial charge on any atom is -0.493 e. The standard InChI is InChI=1S/C15H23NO/c1-15(2,3)14(16-4)12-9-5-7-11-8-6-10-17-13(11)12/h5,7,9,14,16H,6,8,10H2,1-4H3. The third-order valence-corrected chi connectivity index (χ3v) is 3.43. The molecule has 0 fully saturated rings. The molecular weight excluding hydrogens is 210 g/mol. The van der Waals surface area contributed by atoms with E-state index in [9.17, 15) is 0 Å². The van der Waals surface area contributed by atoms with Crippen LogP contribution in [0.1, 0.15) is 44.4 Å². The fraction of sp³-hybridized carbons (Fsp3) is 0.600. The fourth-order valence-corrected chi connectivity index (χ4v) is 2.70. The third kappa shape index (κ3) is 2.47. The predicted molar refractivity (Wildman–Crippen MR) is 71.5 cm³/mol. The highest BCUT2D eigenvalue weighted by Crippen LogP contribution is 2.40. The molecule has 0 saturated carbocycles. The molecule has 0 amide bonds. The summed E-state index contributed by atoms with van der Waals surface area (Å²) in [7, 11) is 2.03. The second-order valence-corrected chi connectivity index (χ2v) is 5.88. The maximum Gasteiger partial charge on any atom is 0.127 e. The molecule has 94 valence electrons. The van der Waals surface area contributed by atoms with Gasteiger partial charge in [-0.3, -0.25) is 0 Å². The number of benzene rings is 1. The molecule has 1 aliphatic rings. The van der Waals surface area contributed by atoms with Crippen LogP contribution in [0.15, 0.2) is 18.2 Å². The van der Waals surface area contributed by atoms with E-state index in [4.69, 9.17) is 4.74 Å². The molecule has 1 aromatic carbocycles. The van der Waals surface area contributed by atoms with Gasteiger partial charge in [-0.05, 0) is 30.9 Å². The summed E-state index contributed by atoms with van der Waals surface area (Å²) in [4.78, 5) is 0. The van der Waals surface area contributed by atoms with Gasteiger partial charge in [0.05, 0.1) is 6.61 Å². The summed E-state index contributed by atoms with van der Waals surface area (Å²) in [5.41, 5.74) is 2.85. The van der Waals surface area contributed by atoms with E-state index in [2.05, 4.69) is 44.3 Å². The number of rotatable bonds is 2. The van der Waals surface area contributed by atoms with Crippen molar-refractivity contribution >= 4 is 0 Å². The zero-order chi connectivity index (χ0) is 12.5. The second-order valence-electron chi connectivity index (χ2n) is 5.88. The Morgan fingerprint density at radius 2 is 2.06 bits per heavy atom. The van der Waals surface area contributed by atoms with E-state index in [1.54, 1.807) is 0 Å². The lowest BCUT2D eigenvalue weighted by Crippen LogP contribution is -2.30. The molecule has 1 aromatic rings. The lowest BCUT2D eigenvalue weighted by Gasteiger charge is -2.33. The molecular formula is C15H23NO. The van der Waals surface area contributed by atoms with Gasteiger partial charge in [-0.15, -0.1) is 0 Å². The summed E-state index contributed by atoms with van der Waals surface area (Å²) in [5, 5.41) is 3.43. The number of hydrogen-bond acceptors (Lipinski definition) is 2. The summed E-state index contributed by atoms with van der Waals surface area (Å²) < 4.78 is 5.89. The van der Waals surface area contributed by atoms with Crippen molar-refractivity contribution in [3.05, 3.63) is 29.3 Å². The topological polar surface area (TPSA) is 21.3 Å². The Hall–Kier alpha value is -1.02. The lowest BCUT2D eigenvalue weighted by molar-refractivity contribution is 0.253. The molecule has 2 rings (SSSR count). The lowest BCUT2D eigenvalue weighted by atomic mass is 9.81. The van der Waals surface area contributed by atoms with Gasteiger partial charge in [0.25, 0.3) is 0 Å². The van der Waals surface area contributed by atoms with Crippen molar-refractivity contribution in [1.82, 2.24) is 5.32 Å². The Balaban J connectivity index is 2.44. The maximum atomic E-state index is 5.89. The molecule has 1 atom stereocenters. The number of para-hydroxylation sites is 1. The van der Waals surface area contributed by atoms with Gasteiger partial charge in [-0.1, -0.05) is 39.0 Å². The molecule has 2 heteroatoms. The molecule has 1 aliphatic heterocycles. The van der Waals surface area contributed by atoms with Crippen LogP contribution in [0.5, 0.6) is 5.75 Å². The van der Waals surface area contributed by atoms with Gasteiger partial charge in [0.15, 0.2) is 0 Å². The number of fused-ring (bicyclic) bond motifs is 1. The summed E-state index contributed by atoms with van der Waals surface area (Å²) in [5.74, 6) is 1.12. The quantitative estimate of drug-likeness (QED) is 0.846. The van der Waals surface area contributed by atoms with Crippen molar-refractivity contribution in [2.24, 2.45) is 5.41 Å². The molecule has 1 heterocycles. The third-order valence-electron chi connectivity index (χ3n) is 3.43. The van der Waals surface area contributed by atoms with Crippen LogP contribution in [0, 0.1) is 5.41 Å². The van der Waals surface area contributed by atoms with E-state index < -0.39 is 0 Å². The van der Waals surface area contributed by atoms with Gasteiger partial charge in [-0.25, -0.2) is 0 Å². The van der Waals surface area contributed by atoms with Crippen molar-refractivity contribution < 1.29 is 4.74 Å². The van der Waals surface area contributed by atoms with Gasteiger partial charge in [0, 0.05) is 11.6 Å². The van der Waals surface area contributed by atoms with E-state index in [1.807, 2.05) is 7.05 Å². The van der Waals surface area contributed by atoms with Crippen LogP contribution in [-0.2, 0) is 6.42 Å². The van der Waals surface area contributed by atoms with Crippen LogP contribution in [0.4, 0.5) is 0 Å². The average molecular weight is 233 g/mol. The van der Waals surface area contributed by atoms with Crippen LogP contribution in [0.3, 0.4) is 0 Å². The predicted octanol–water partition coefficient (Wildman–Crippen LogP) is 3.32. The van der Waals surface area contributed by atoms with Crippen molar-refractivity contribution in [3.8, 4) is 5.75 Å². The average Bonchev–Trinajstić information content (AvgIpc) is 2.28. The molecule has 0 saturated heterocycles. The molecule has 0 aromatic heterocycles. The van der Waals surface area contributed by atoms with Crippen LogP contribution >= 0.6 is 0 Å². The first-order valence-corrected chi connectivity index (χ1v) is 6.46. The van der Waals surface area contributed by atoms with Gasteiger partial charge >= 0.3 is 0 Å². The van der Waals surface area contributed by atoms with Crippen LogP contribution < -0.4 is 10.1 Å². The van der Waals surface area contributed by atoms with Gasteiger partial charge in [0.1, 0.15) is 5.75 Å². The van der Waals surface area contributed by atoms with Gasteiger partial charge in [0.2, 0.25) is 0 Å². The molecule has 2 nitrogen and oxygen atoms in total. The molecule has 0 bridgehead atoms. The zero-order valence-electron chi connectivity index (χ0n) is 11.3. The van der Waals surface area contributed by atoms with Crippen molar-refractivity contribution in [2.75, 3.05) is 13.7 Å². The molecule has 17 heavy (non-hydrogen) atoms. The maximum absolute atomic E-state index is 5.89. The first-order valence-electron chi connectivity index (χ1n) is 6.46. The van der Waals surface area contributed by atoms with E-state index in [1.165, 1.54) is 11.1 Å². The first kappa shape index (κ1) is 12.4. The summed E-state index contributed by atoms with van der Waals surface area (Å²) >= 11 is 0. The Kier molecular flexibility index (Phi) is 3.43. The minimum absolute atomic E-state index is 0.185. The molecule has 0 spiro atoms. The van der Waals surface area contributed by atoms with Crippen LogP contribution in [0.25, 0.3) is 0 Å². The van der Waals surface area contributed by atoms with Crippen molar-refractivity contribution in [1.29, 1.82) is 0 Å². The number of ether oxygens (including phenoxy) is 1. The highest BCUT2D eigenvalue weighted by Gasteiger charge is 2.28. The molecule has 0 radical (unpaired) electrons. The SMILES string of the molecule is CNC(c1cccc2c1OCCC2)C(C)(C)C. The van der Waals surface area contributed by atoms with Gasteiger partial charge in [-0.2, -0.15) is 0 Å². The number of aryl methyl sites for hydroxylation is 1. The molecule has 1 N–H and O–H groups in total. The fourth-order valence-electron chi connectivity index (χ4n) is 2.70. The monoisotopic (exact) mass is 233 g/mol. The summed E-state index contributed by atoms with van der Waals surface area (Å²) in [6, 6.07) is 6.86. The van der Waals surface area contributed by atoms with E-state index in [0.29, 0.717) is 6.04 Å². The summed E-state index contributed by atoms with van der Waals surface area (Å²) in [6.45, 7) is 7.63. The van der Waals surface area contributed by atoms with E-state index >= 15 is 0 Å². The van der Waals surface area contributed by atoms with Crippen LogP contribution in [-0.4, -0.2) is 13.7 Å². The minimum atomic E-state index is 0.185. The number of hydrogen-bond donors (Lipinski definition) is 1. The van der Waals surface area contributed by atoms with Gasteiger partial charge < -0.3 is 10.1 Å². The molecule has 1 unspecified atom stereocenters. The van der Waals surface area contributed by atoms with Crippen molar-refractivity contribution in [3.63, 3.8) is 0 Å². The van der Waals surface area contributed by atoms with Crippen LogP contribution in [0.2, 0.25) is 0 Å². The van der Waals surface area contributed by atoms with Crippen molar-refractivity contribution in [2.45, 2.75) is 39.7 Å². The van der Waals surface area contributed by atoms with E-state index in [-0.39, 0.29) is 5.41 Å². The first-order chi connectivity index (χ1) is 8.04. The second kappa shape index (κ2) is 4.69. The van der Waals surface area contributed by atoms with E-state index in [0.717, 1.165) is 25.2 Å². The highest BCUT2D eigenvalue weighted by atomic mass is 16.5. The summed E-state index contributed by atoms with van der Waals surface area (Å²) in [6.07, 6.45) is 2.28. The molecule has 0 aliphatic carbocycles. The smallest absolute Gasteiger partial charge is 0.127 e. The Morgan fingerprint density at radius 1 is 1.29 bits per heavy atom. The Labute approximate surface area is 104 Å². The Bertz CT molecular complexity index is 392. The zero-order valence-corrected chi connectivity index (χ0v) is 11.3. The normalized spacial score (nSPS) is 17.2.